The number of carbonyl (C=O) groups excluding carboxylic acids is 2. The van der Waals surface area contributed by atoms with Gasteiger partial charge in [-0.05, 0) is 50.8 Å². The molecule has 1 aliphatic carbocycles. The molecule has 0 spiro atoms. The van der Waals surface area contributed by atoms with E-state index in [0.717, 1.165) is 36.8 Å². The van der Waals surface area contributed by atoms with Crippen molar-refractivity contribution in [3.8, 4) is 0 Å². The number of nitrogens with zero attached hydrogens (tertiary/aromatic N) is 2. The second kappa shape index (κ2) is 10.1. The normalized spacial score (nSPS) is 20.2. The van der Waals surface area contributed by atoms with Crippen molar-refractivity contribution in [2.75, 3.05) is 26.2 Å². The minimum Gasteiger partial charge on any atom is -0.335 e. The van der Waals surface area contributed by atoms with E-state index in [-0.39, 0.29) is 11.9 Å². The van der Waals surface area contributed by atoms with Crippen molar-refractivity contribution in [2.24, 2.45) is 0 Å². The van der Waals surface area contributed by atoms with Gasteiger partial charge in [-0.2, -0.15) is 4.31 Å². The van der Waals surface area contributed by atoms with Crippen molar-refractivity contribution in [3.05, 3.63) is 29.3 Å². The highest BCUT2D eigenvalue weighted by atomic mass is 32.2. The average molecular weight is 451 g/mol. The maximum atomic E-state index is 13.1. The third-order valence-electron chi connectivity index (χ3n) is 6.34. The van der Waals surface area contributed by atoms with Crippen LogP contribution < -0.4 is 10.6 Å². The molecule has 0 aromatic heterocycles. The van der Waals surface area contributed by atoms with Gasteiger partial charge in [0.25, 0.3) is 0 Å². The Balaban J connectivity index is 1.53. The summed E-state index contributed by atoms with van der Waals surface area (Å²) < 4.78 is 27.6. The first-order valence-electron chi connectivity index (χ1n) is 11.1. The van der Waals surface area contributed by atoms with Gasteiger partial charge < -0.3 is 5.32 Å². The fourth-order valence-electron chi connectivity index (χ4n) is 4.31. The first-order valence-corrected chi connectivity index (χ1v) is 12.6. The van der Waals surface area contributed by atoms with E-state index in [9.17, 15) is 18.0 Å². The highest BCUT2D eigenvalue weighted by Crippen LogP contribution is 2.23. The number of benzene rings is 1. The lowest BCUT2D eigenvalue weighted by atomic mass is 9.96. The second-order valence-corrected chi connectivity index (χ2v) is 10.6. The Morgan fingerprint density at radius 2 is 1.68 bits per heavy atom. The summed E-state index contributed by atoms with van der Waals surface area (Å²) in [7, 11) is -3.58. The van der Waals surface area contributed by atoms with Gasteiger partial charge in [-0.1, -0.05) is 31.4 Å². The Kier molecular flexibility index (Phi) is 7.72. The maximum Gasteiger partial charge on any atom is 0.321 e. The molecule has 2 N–H and O–H groups in total. The van der Waals surface area contributed by atoms with Crippen LogP contribution in [0.15, 0.2) is 23.1 Å². The number of piperazine rings is 1. The van der Waals surface area contributed by atoms with Crippen molar-refractivity contribution >= 4 is 22.0 Å². The Bertz CT molecular complexity index is 904. The van der Waals surface area contributed by atoms with Crippen LogP contribution in [0.2, 0.25) is 0 Å². The topological polar surface area (TPSA) is 98.8 Å². The van der Waals surface area contributed by atoms with E-state index >= 15 is 0 Å². The number of rotatable bonds is 5. The van der Waals surface area contributed by atoms with Crippen molar-refractivity contribution in [1.82, 2.24) is 19.8 Å². The molecular weight excluding hydrogens is 416 g/mol. The molecule has 2 aliphatic rings. The van der Waals surface area contributed by atoms with E-state index in [1.807, 2.05) is 24.0 Å². The third kappa shape index (κ3) is 5.84. The number of aryl methyl sites for hydroxylation is 2. The largest absolute Gasteiger partial charge is 0.335 e. The molecule has 1 atom stereocenters. The summed E-state index contributed by atoms with van der Waals surface area (Å²) in [6.07, 6.45) is 5.30. The minimum absolute atomic E-state index is 0.135. The molecule has 8 nitrogen and oxygen atoms in total. The van der Waals surface area contributed by atoms with Crippen LogP contribution in [0.3, 0.4) is 0 Å². The van der Waals surface area contributed by atoms with Crippen LogP contribution in [0.5, 0.6) is 0 Å². The van der Waals surface area contributed by atoms with Gasteiger partial charge in [0.05, 0.1) is 10.9 Å². The lowest BCUT2D eigenvalue weighted by Crippen LogP contribution is -2.56. The van der Waals surface area contributed by atoms with E-state index in [0.29, 0.717) is 31.1 Å². The van der Waals surface area contributed by atoms with Gasteiger partial charge in [-0.15, -0.1) is 0 Å². The Labute approximate surface area is 185 Å². The molecule has 1 aromatic rings. The van der Waals surface area contributed by atoms with E-state index in [4.69, 9.17) is 0 Å². The number of amides is 3. The van der Waals surface area contributed by atoms with Gasteiger partial charge in [0, 0.05) is 32.2 Å². The Morgan fingerprint density at radius 3 is 2.32 bits per heavy atom. The number of hydrogen-bond acceptors (Lipinski definition) is 5. The van der Waals surface area contributed by atoms with Crippen molar-refractivity contribution in [1.29, 1.82) is 0 Å². The zero-order chi connectivity index (χ0) is 22.6. The van der Waals surface area contributed by atoms with Crippen LogP contribution in [-0.2, 0) is 14.8 Å². The maximum absolute atomic E-state index is 13.1. The van der Waals surface area contributed by atoms with E-state index < -0.39 is 22.1 Å². The summed E-state index contributed by atoms with van der Waals surface area (Å²) in [4.78, 5) is 26.9. The molecule has 0 radical (unpaired) electrons. The molecular formula is C22H34N4O4S. The molecule has 1 unspecified atom stereocenters. The summed E-state index contributed by atoms with van der Waals surface area (Å²) >= 11 is 0. The molecule has 3 rings (SSSR count). The van der Waals surface area contributed by atoms with Gasteiger partial charge in [0.1, 0.15) is 0 Å². The first kappa shape index (κ1) is 23.7. The minimum atomic E-state index is -3.58. The van der Waals surface area contributed by atoms with E-state index in [1.165, 1.54) is 10.7 Å². The molecule has 172 valence electrons. The van der Waals surface area contributed by atoms with Crippen LogP contribution in [0.4, 0.5) is 4.79 Å². The summed E-state index contributed by atoms with van der Waals surface area (Å²) in [5.41, 5.74) is 1.63. The summed E-state index contributed by atoms with van der Waals surface area (Å²) in [5.74, 6) is -0.362. The molecule has 1 heterocycles. The molecule has 1 aromatic carbocycles. The third-order valence-corrected chi connectivity index (χ3v) is 8.38. The molecule has 31 heavy (non-hydrogen) atoms. The molecule has 9 heteroatoms. The van der Waals surface area contributed by atoms with Gasteiger partial charge in [-0.3, -0.25) is 15.0 Å². The first-order chi connectivity index (χ1) is 14.7. The van der Waals surface area contributed by atoms with Crippen molar-refractivity contribution in [2.45, 2.75) is 69.9 Å². The van der Waals surface area contributed by atoms with Crippen molar-refractivity contribution in [3.63, 3.8) is 0 Å². The van der Waals surface area contributed by atoms with Crippen LogP contribution in [-0.4, -0.2) is 67.8 Å². The smallest absolute Gasteiger partial charge is 0.321 e. The van der Waals surface area contributed by atoms with Gasteiger partial charge in [0.2, 0.25) is 15.9 Å². The summed E-state index contributed by atoms with van der Waals surface area (Å²) in [6.45, 7) is 6.90. The SMILES string of the molecule is Cc1ccc(C)c(S(=O)(=O)N2CCN(C(C)C(=O)NC(=O)NC3CCCCC3)CC2)c1. The predicted octanol–water partition coefficient (Wildman–Crippen LogP) is 2.16. The number of imide groups is 1. The van der Waals surface area contributed by atoms with Crippen LogP contribution in [0.25, 0.3) is 0 Å². The zero-order valence-electron chi connectivity index (χ0n) is 18.7. The molecule has 1 saturated carbocycles. The van der Waals surface area contributed by atoms with Gasteiger partial charge >= 0.3 is 6.03 Å². The van der Waals surface area contributed by atoms with Crippen LogP contribution >= 0.6 is 0 Å². The zero-order valence-corrected chi connectivity index (χ0v) is 19.5. The summed E-state index contributed by atoms with van der Waals surface area (Å²) in [5, 5.41) is 5.33. The highest BCUT2D eigenvalue weighted by Gasteiger charge is 2.33. The Hall–Kier alpha value is -1.97. The highest BCUT2D eigenvalue weighted by molar-refractivity contribution is 7.89. The lowest BCUT2D eigenvalue weighted by molar-refractivity contribution is -0.125. The number of hydrogen-bond donors (Lipinski definition) is 2. The van der Waals surface area contributed by atoms with Gasteiger partial charge in [0.15, 0.2) is 0 Å². The van der Waals surface area contributed by atoms with Crippen LogP contribution in [0.1, 0.15) is 50.2 Å². The average Bonchev–Trinajstić information content (AvgIpc) is 2.75. The fourth-order valence-corrected chi connectivity index (χ4v) is 6.04. The van der Waals surface area contributed by atoms with Crippen molar-refractivity contribution < 1.29 is 18.0 Å². The molecule has 2 fully saturated rings. The number of carbonyl (C=O) groups is 2. The molecule has 3 amide bonds. The molecule has 1 saturated heterocycles. The fraction of sp³-hybridized carbons (Fsp3) is 0.636. The number of urea groups is 1. The predicted molar refractivity (Wildman–Crippen MR) is 119 cm³/mol. The molecule has 0 bridgehead atoms. The van der Waals surface area contributed by atoms with Gasteiger partial charge in [-0.25, -0.2) is 13.2 Å². The monoisotopic (exact) mass is 450 g/mol. The van der Waals surface area contributed by atoms with E-state index in [1.54, 1.807) is 19.9 Å². The number of sulfonamides is 1. The standard InChI is InChI=1S/C22H34N4O4S/c1-16-9-10-17(2)20(15-16)31(29,30)26-13-11-25(12-14-26)18(3)21(27)24-22(28)23-19-7-5-4-6-8-19/h9-10,15,18-19H,4-8,11-14H2,1-3H3,(H2,23,24,27,28). The lowest BCUT2D eigenvalue weighted by Gasteiger charge is -2.36. The quantitative estimate of drug-likeness (QED) is 0.716. The second-order valence-electron chi connectivity index (χ2n) is 8.68. The van der Waals surface area contributed by atoms with E-state index in [2.05, 4.69) is 10.6 Å². The summed E-state index contributed by atoms with van der Waals surface area (Å²) in [6, 6.07) is 4.61. The van der Waals surface area contributed by atoms with Crippen LogP contribution in [0, 0.1) is 13.8 Å². The number of nitrogens with one attached hydrogen (secondary N) is 2. The molecule has 1 aliphatic heterocycles. The Morgan fingerprint density at radius 1 is 1.03 bits per heavy atom.